The van der Waals surface area contributed by atoms with E-state index < -0.39 is 23.8 Å². The second-order valence-corrected chi connectivity index (χ2v) is 1.88. The minimum Gasteiger partial charge on any atom is -0.479 e. The zero-order chi connectivity index (χ0) is 10.3. The Hall–Kier alpha value is -1.43. The van der Waals surface area contributed by atoms with Crippen LogP contribution in [0.15, 0.2) is 0 Å². The van der Waals surface area contributed by atoms with Crippen LogP contribution in [0.3, 0.4) is 0 Å². The minimum absolute atomic E-state index is 0.824. The standard InChI is InChI=1S/C3H6O3.C3H4O3/c2*1-2(4)3(5)6/h2,4H,1H3,(H,5,6);1H3,(H,5,6)/t2-;/m1./s1. The molecule has 70 valence electrons. The van der Waals surface area contributed by atoms with Crippen molar-refractivity contribution in [2.24, 2.45) is 0 Å². The number of carboxylic acid groups (broad SMARTS) is 2. The number of hydrogen-bond acceptors (Lipinski definition) is 4. The SMILES string of the molecule is CC(=O)C(=O)O.C[C@@H](O)C(=O)O. The molecule has 0 rings (SSSR count). The molecule has 3 N–H and O–H groups in total. The molecule has 6 nitrogen and oxygen atoms in total. The molecular formula is C6H10O6. The van der Waals surface area contributed by atoms with E-state index >= 15 is 0 Å². The molecule has 0 spiro atoms. The van der Waals surface area contributed by atoms with Gasteiger partial charge in [-0.1, -0.05) is 0 Å². The van der Waals surface area contributed by atoms with Gasteiger partial charge in [-0.25, -0.2) is 9.59 Å². The fourth-order valence-electron chi connectivity index (χ4n) is 0. The molecule has 0 amide bonds. The zero-order valence-electron chi connectivity index (χ0n) is 6.64. The van der Waals surface area contributed by atoms with E-state index in [2.05, 4.69) is 0 Å². The second-order valence-electron chi connectivity index (χ2n) is 1.88. The third-order valence-corrected chi connectivity index (χ3v) is 0.659. The van der Waals surface area contributed by atoms with Crippen LogP contribution in [0, 0.1) is 0 Å². The first-order chi connectivity index (χ1) is 5.29. The van der Waals surface area contributed by atoms with Gasteiger partial charge in [0.1, 0.15) is 6.10 Å². The Balaban J connectivity index is 0. The number of aliphatic hydroxyl groups is 1. The Kier molecular flexibility index (Phi) is 6.91. The summed E-state index contributed by atoms with van der Waals surface area (Å²) in [5, 5.41) is 23.4. The average molecular weight is 178 g/mol. The van der Waals surface area contributed by atoms with Gasteiger partial charge in [0.15, 0.2) is 0 Å². The topological polar surface area (TPSA) is 112 Å². The van der Waals surface area contributed by atoms with Crippen LogP contribution in [0.5, 0.6) is 0 Å². The first-order valence-corrected chi connectivity index (χ1v) is 2.93. The van der Waals surface area contributed by atoms with Gasteiger partial charge in [0.05, 0.1) is 0 Å². The van der Waals surface area contributed by atoms with Gasteiger partial charge in [0.25, 0.3) is 0 Å². The van der Waals surface area contributed by atoms with Gasteiger partial charge in [-0.05, 0) is 6.92 Å². The Morgan fingerprint density at radius 2 is 1.33 bits per heavy atom. The summed E-state index contributed by atoms with van der Waals surface area (Å²) in [5.74, 6) is -3.39. The molecule has 0 aliphatic carbocycles. The zero-order valence-corrected chi connectivity index (χ0v) is 6.64. The molecule has 0 radical (unpaired) electrons. The number of rotatable bonds is 2. The summed E-state index contributed by atoms with van der Waals surface area (Å²) in [6.07, 6.45) is -1.23. The first-order valence-electron chi connectivity index (χ1n) is 2.93. The van der Waals surface area contributed by atoms with Crippen LogP contribution in [-0.2, 0) is 14.4 Å². The van der Waals surface area contributed by atoms with Gasteiger partial charge in [-0.15, -0.1) is 0 Å². The summed E-state index contributed by atoms with van der Waals surface area (Å²) in [5.41, 5.74) is 0. The van der Waals surface area contributed by atoms with Crippen molar-refractivity contribution in [1.82, 2.24) is 0 Å². The third kappa shape index (κ3) is 11.4. The van der Waals surface area contributed by atoms with Crippen molar-refractivity contribution < 1.29 is 29.7 Å². The monoisotopic (exact) mass is 178 g/mol. The lowest BCUT2D eigenvalue weighted by Crippen LogP contribution is -2.13. The Bertz CT molecular complexity index is 170. The molecule has 0 unspecified atom stereocenters. The smallest absolute Gasteiger partial charge is 0.371 e. The Morgan fingerprint density at radius 1 is 1.17 bits per heavy atom. The third-order valence-electron chi connectivity index (χ3n) is 0.659. The summed E-state index contributed by atoms with van der Waals surface area (Å²) < 4.78 is 0. The molecule has 0 aliphatic heterocycles. The summed E-state index contributed by atoms with van der Waals surface area (Å²) in [6.45, 7) is 2.20. The lowest BCUT2D eigenvalue weighted by molar-refractivity contribution is -0.148. The second kappa shape index (κ2) is 6.29. The van der Waals surface area contributed by atoms with Crippen LogP contribution in [0.1, 0.15) is 13.8 Å². The van der Waals surface area contributed by atoms with Crippen molar-refractivity contribution in [2.45, 2.75) is 20.0 Å². The maximum atomic E-state index is 9.54. The van der Waals surface area contributed by atoms with Crippen molar-refractivity contribution in [3.63, 3.8) is 0 Å². The van der Waals surface area contributed by atoms with Crippen LogP contribution in [0.4, 0.5) is 0 Å². The molecule has 6 heteroatoms. The number of hydrogen-bond donors (Lipinski definition) is 3. The van der Waals surface area contributed by atoms with Crippen molar-refractivity contribution in [3.05, 3.63) is 0 Å². The summed E-state index contributed by atoms with van der Waals surface area (Å²) >= 11 is 0. The molecule has 0 aliphatic rings. The van der Waals surface area contributed by atoms with Gasteiger partial charge < -0.3 is 15.3 Å². The fraction of sp³-hybridized carbons (Fsp3) is 0.500. The highest BCUT2D eigenvalue weighted by Gasteiger charge is 2.01. The van der Waals surface area contributed by atoms with Gasteiger partial charge in [-0.3, -0.25) is 4.79 Å². The Morgan fingerprint density at radius 3 is 1.33 bits per heavy atom. The van der Waals surface area contributed by atoms with E-state index in [1.165, 1.54) is 6.92 Å². The number of carbonyl (C=O) groups is 3. The first kappa shape index (κ1) is 13.2. The number of aliphatic carboxylic acids is 2. The predicted molar refractivity (Wildman–Crippen MR) is 37.6 cm³/mol. The molecule has 1 atom stereocenters. The van der Waals surface area contributed by atoms with Gasteiger partial charge >= 0.3 is 11.9 Å². The molecule has 0 fully saturated rings. The van der Waals surface area contributed by atoms with Crippen molar-refractivity contribution in [3.8, 4) is 0 Å². The highest BCUT2D eigenvalue weighted by molar-refractivity contribution is 6.31. The number of aliphatic hydroxyl groups excluding tert-OH is 1. The van der Waals surface area contributed by atoms with Gasteiger partial charge in [0.2, 0.25) is 5.78 Å². The maximum Gasteiger partial charge on any atom is 0.371 e. The van der Waals surface area contributed by atoms with Crippen LogP contribution in [-0.4, -0.2) is 39.1 Å². The largest absolute Gasteiger partial charge is 0.479 e. The minimum atomic E-state index is -1.38. The van der Waals surface area contributed by atoms with E-state index in [4.69, 9.17) is 15.3 Å². The molecule has 0 aromatic carbocycles. The lowest BCUT2D eigenvalue weighted by atomic mass is 10.4. The number of ketones is 1. The summed E-state index contributed by atoms with van der Waals surface area (Å²) in [6, 6.07) is 0. The van der Waals surface area contributed by atoms with Crippen molar-refractivity contribution in [2.75, 3.05) is 0 Å². The molecule has 12 heavy (non-hydrogen) atoms. The number of Topliss-reactive ketones (excluding diaryl/α,β-unsaturated/α-hetero) is 1. The van der Waals surface area contributed by atoms with Crippen molar-refractivity contribution >= 4 is 17.7 Å². The average Bonchev–Trinajstić information content (AvgIpc) is 1.88. The molecule has 0 saturated heterocycles. The molecule has 0 bridgehead atoms. The van der Waals surface area contributed by atoms with Gasteiger partial charge in [-0.2, -0.15) is 0 Å². The molecule has 0 aromatic rings. The summed E-state index contributed by atoms with van der Waals surface area (Å²) in [7, 11) is 0. The molecule has 0 heterocycles. The normalized spacial score (nSPS) is 10.6. The quantitative estimate of drug-likeness (QED) is 0.473. The van der Waals surface area contributed by atoms with E-state index in [-0.39, 0.29) is 0 Å². The molecular weight excluding hydrogens is 168 g/mol. The predicted octanol–water partition coefficient (Wildman–Crippen LogP) is -0.888. The highest BCUT2D eigenvalue weighted by Crippen LogP contribution is 1.73. The molecule has 0 aromatic heterocycles. The van der Waals surface area contributed by atoms with E-state index in [0.717, 1.165) is 6.92 Å². The van der Waals surface area contributed by atoms with Crippen LogP contribution < -0.4 is 0 Å². The maximum absolute atomic E-state index is 9.54. The fourth-order valence-corrected chi connectivity index (χ4v) is 0. The van der Waals surface area contributed by atoms with Gasteiger partial charge in [0, 0.05) is 6.92 Å². The number of carbonyl (C=O) groups excluding carboxylic acids is 1. The van der Waals surface area contributed by atoms with Crippen LogP contribution >= 0.6 is 0 Å². The highest BCUT2D eigenvalue weighted by atomic mass is 16.4. The summed E-state index contributed by atoms with van der Waals surface area (Å²) in [4.78, 5) is 28.3. The van der Waals surface area contributed by atoms with Crippen molar-refractivity contribution in [1.29, 1.82) is 0 Å². The Labute approximate surface area is 68.4 Å². The van der Waals surface area contributed by atoms with E-state index in [0.29, 0.717) is 0 Å². The van der Waals surface area contributed by atoms with E-state index in [1.54, 1.807) is 0 Å². The lowest BCUT2D eigenvalue weighted by Gasteiger charge is -1.89. The van der Waals surface area contributed by atoms with Crippen LogP contribution in [0.25, 0.3) is 0 Å². The van der Waals surface area contributed by atoms with E-state index in [1.807, 2.05) is 0 Å². The molecule has 0 saturated carbocycles. The van der Waals surface area contributed by atoms with E-state index in [9.17, 15) is 14.4 Å². The number of carboxylic acids is 2. The van der Waals surface area contributed by atoms with Crippen LogP contribution in [0.2, 0.25) is 0 Å².